The van der Waals surface area contributed by atoms with Gasteiger partial charge in [-0.3, -0.25) is 9.48 Å². The number of nitrogens with zero attached hydrogens (tertiary/aromatic N) is 4. The highest BCUT2D eigenvalue weighted by molar-refractivity contribution is 6.30. The van der Waals surface area contributed by atoms with E-state index in [0.29, 0.717) is 29.4 Å². The van der Waals surface area contributed by atoms with Crippen LogP contribution in [-0.2, 0) is 18.3 Å². The molecule has 0 spiro atoms. The number of pyridine rings is 1. The summed E-state index contributed by atoms with van der Waals surface area (Å²) < 4.78 is 1.73. The minimum atomic E-state index is -0.614. The minimum absolute atomic E-state index is 0.233. The number of amides is 1. The maximum absolute atomic E-state index is 13.2. The summed E-state index contributed by atoms with van der Waals surface area (Å²) in [5.74, 6) is 0.224. The number of nitriles is 1. The molecule has 1 atom stereocenters. The second-order valence-corrected chi connectivity index (χ2v) is 8.26. The molecule has 0 saturated heterocycles. The van der Waals surface area contributed by atoms with Gasteiger partial charge < -0.3 is 10.6 Å². The molecule has 2 N–H and O–H groups in total. The second kappa shape index (κ2) is 10.8. The molecule has 0 unspecified atom stereocenters. The number of rotatable bonds is 8. The van der Waals surface area contributed by atoms with Gasteiger partial charge in [-0.2, -0.15) is 10.4 Å². The molecule has 34 heavy (non-hydrogen) atoms. The third-order valence-electron chi connectivity index (χ3n) is 5.34. The highest BCUT2D eigenvalue weighted by atomic mass is 35.5. The van der Waals surface area contributed by atoms with Crippen molar-refractivity contribution >= 4 is 23.3 Å². The van der Waals surface area contributed by atoms with Gasteiger partial charge in [0.2, 0.25) is 5.91 Å². The Hall–Kier alpha value is -3.99. The third-order valence-corrected chi connectivity index (χ3v) is 5.58. The number of carbonyl (C=O) groups is 1. The van der Waals surface area contributed by atoms with Crippen molar-refractivity contribution in [2.24, 2.45) is 7.05 Å². The summed E-state index contributed by atoms with van der Waals surface area (Å²) in [6, 6.07) is 19.8. The Kier molecular flexibility index (Phi) is 7.33. The molecule has 1 amide bonds. The van der Waals surface area contributed by atoms with E-state index in [2.05, 4.69) is 26.8 Å². The van der Waals surface area contributed by atoms with Gasteiger partial charge in [0.15, 0.2) is 0 Å². The average molecular weight is 471 g/mol. The Morgan fingerprint density at radius 1 is 1.12 bits per heavy atom. The van der Waals surface area contributed by atoms with Crippen LogP contribution in [0, 0.1) is 11.3 Å². The molecule has 0 aliphatic heterocycles. The molecule has 4 rings (SSSR count). The summed E-state index contributed by atoms with van der Waals surface area (Å²) in [7, 11) is 1.86. The largest absolute Gasteiger partial charge is 0.309 e. The Labute approximate surface area is 203 Å². The van der Waals surface area contributed by atoms with E-state index in [0.717, 1.165) is 22.3 Å². The van der Waals surface area contributed by atoms with Crippen LogP contribution in [0.1, 0.15) is 22.7 Å². The molecule has 2 heterocycles. The van der Waals surface area contributed by atoms with Crippen LogP contribution in [0.5, 0.6) is 0 Å². The molecule has 2 aromatic heterocycles. The molecule has 0 aliphatic rings. The fourth-order valence-corrected chi connectivity index (χ4v) is 3.76. The topological polar surface area (TPSA) is 95.6 Å². The normalized spacial score (nSPS) is 11.6. The molecule has 170 valence electrons. The maximum Gasteiger partial charge on any atom is 0.247 e. The second-order valence-electron chi connectivity index (χ2n) is 7.82. The zero-order valence-electron chi connectivity index (χ0n) is 18.6. The van der Waals surface area contributed by atoms with Gasteiger partial charge in [-0.25, -0.2) is 4.98 Å². The smallest absolute Gasteiger partial charge is 0.247 e. The minimum Gasteiger partial charge on any atom is -0.309 e. The lowest BCUT2D eigenvalue weighted by Crippen LogP contribution is -2.34. The molecule has 8 heteroatoms. The van der Waals surface area contributed by atoms with Crippen LogP contribution in [0.4, 0.5) is 5.82 Å². The first-order valence-electron chi connectivity index (χ1n) is 10.8. The standard InChI is InChI=1S/C26H23ClN6O/c1-33-17-22(16-31-33)21-9-10-24(30-15-21)32-26(34)25(20-3-2-4-23(27)13-20)29-12-11-18-5-7-19(14-28)8-6-18/h2-10,13,15-17,25,29H,11-12H2,1H3,(H,30,32,34)/t25-/m1/s1. The van der Waals surface area contributed by atoms with Crippen LogP contribution in [0.25, 0.3) is 11.1 Å². The summed E-state index contributed by atoms with van der Waals surface area (Å²) in [5, 5.41) is 19.9. The zero-order valence-corrected chi connectivity index (χ0v) is 19.3. The first-order chi connectivity index (χ1) is 16.5. The summed E-state index contributed by atoms with van der Waals surface area (Å²) in [6.45, 7) is 0.559. The number of aryl methyl sites for hydroxylation is 1. The monoisotopic (exact) mass is 470 g/mol. The van der Waals surface area contributed by atoms with Crippen molar-refractivity contribution in [3.8, 4) is 17.2 Å². The van der Waals surface area contributed by atoms with Crippen molar-refractivity contribution in [1.82, 2.24) is 20.1 Å². The van der Waals surface area contributed by atoms with Gasteiger partial charge in [0.25, 0.3) is 0 Å². The number of hydrogen-bond acceptors (Lipinski definition) is 5. The SMILES string of the molecule is Cn1cc(-c2ccc(NC(=O)[C@H](NCCc3ccc(C#N)cc3)c3cccc(Cl)c3)nc2)cn1. The molecule has 0 radical (unpaired) electrons. The van der Waals surface area contributed by atoms with Crippen LogP contribution >= 0.6 is 11.6 Å². The van der Waals surface area contributed by atoms with Gasteiger partial charge in [0.1, 0.15) is 11.9 Å². The fourth-order valence-electron chi connectivity index (χ4n) is 3.56. The molecule has 0 saturated carbocycles. The van der Waals surface area contributed by atoms with Gasteiger partial charge in [-0.1, -0.05) is 35.9 Å². The van der Waals surface area contributed by atoms with Crippen LogP contribution in [0.2, 0.25) is 5.02 Å². The van der Waals surface area contributed by atoms with Crippen LogP contribution in [-0.4, -0.2) is 27.2 Å². The molecule has 0 aliphatic carbocycles. The summed E-state index contributed by atoms with van der Waals surface area (Å²) in [4.78, 5) is 17.6. The first-order valence-corrected chi connectivity index (χ1v) is 11.1. The highest BCUT2D eigenvalue weighted by Crippen LogP contribution is 2.22. The van der Waals surface area contributed by atoms with Crippen molar-refractivity contribution in [1.29, 1.82) is 5.26 Å². The number of nitrogens with one attached hydrogen (secondary N) is 2. The van der Waals surface area contributed by atoms with Gasteiger partial charge in [0.05, 0.1) is 17.8 Å². The van der Waals surface area contributed by atoms with E-state index in [4.69, 9.17) is 16.9 Å². The summed E-state index contributed by atoms with van der Waals surface area (Å²) >= 11 is 6.18. The Morgan fingerprint density at radius 2 is 1.94 bits per heavy atom. The van der Waals surface area contributed by atoms with E-state index in [1.807, 2.05) is 43.6 Å². The molecule has 4 aromatic rings. The highest BCUT2D eigenvalue weighted by Gasteiger charge is 2.21. The van der Waals surface area contributed by atoms with Crippen molar-refractivity contribution in [2.45, 2.75) is 12.5 Å². The van der Waals surface area contributed by atoms with Crippen LogP contribution in [0.3, 0.4) is 0 Å². The van der Waals surface area contributed by atoms with Gasteiger partial charge in [-0.05, 0) is 53.9 Å². The van der Waals surface area contributed by atoms with Gasteiger partial charge in [-0.15, -0.1) is 0 Å². The average Bonchev–Trinajstić information content (AvgIpc) is 3.29. The van der Waals surface area contributed by atoms with E-state index in [1.165, 1.54) is 0 Å². The van der Waals surface area contributed by atoms with Crippen LogP contribution in [0.15, 0.2) is 79.3 Å². The lowest BCUT2D eigenvalue weighted by Gasteiger charge is -2.19. The quantitative estimate of drug-likeness (QED) is 0.394. The number of carbonyl (C=O) groups excluding carboxylic acids is 1. The van der Waals surface area contributed by atoms with E-state index >= 15 is 0 Å². The number of benzene rings is 2. The summed E-state index contributed by atoms with van der Waals surface area (Å²) in [5.41, 5.74) is 4.32. The molecule has 7 nitrogen and oxygen atoms in total. The predicted molar refractivity (Wildman–Crippen MR) is 132 cm³/mol. The van der Waals surface area contributed by atoms with Gasteiger partial charge >= 0.3 is 0 Å². The van der Waals surface area contributed by atoms with Gasteiger partial charge in [0, 0.05) is 42.1 Å². The molecule has 0 fully saturated rings. The van der Waals surface area contributed by atoms with Crippen molar-refractivity contribution in [3.05, 3.63) is 101 Å². The van der Waals surface area contributed by atoms with Crippen molar-refractivity contribution < 1.29 is 4.79 Å². The third kappa shape index (κ3) is 5.87. The predicted octanol–water partition coefficient (Wildman–Crippen LogP) is 4.52. The van der Waals surface area contributed by atoms with E-state index in [1.54, 1.807) is 47.4 Å². The lowest BCUT2D eigenvalue weighted by molar-refractivity contribution is -0.118. The molecular weight excluding hydrogens is 448 g/mol. The number of anilines is 1. The van der Waals surface area contributed by atoms with Crippen molar-refractivity contribution in [3.63, 3.8) is 0 Å². The maximum atomic E-state index is 13.2. The van der Waals surface area contributed by atoms with Crippen LogP contribution < -0.4 is 10.6 Å². The number of halogens is 1. The number of hydrogen-bond donors (Lipinski definition) is 2. The first kappa shape index (κ1) is 23.2. The lowest BCUT2D eigenvalue weighted by atomic mass is 10.0. The van der Waals surface area contributed by atoms with E-state index in [9.17, 15) is 4.79 Å². The molecule has 2 aromatic carbocycles. The Bertz CT molecular complexity index is 1310. The molecule has 0 bridgehead atoms. The fraction of sp³-hybridized carbons (Fsp3) is 0.154. The summed E-state index contributed by atoms with van der Waals surface area (Å²) in [6.07, 6.45) is 6.08. The molecular formula is C26H23ClN6O. The Balaban J connectivity index is 1.45. The number of aromatic nitrogens is 3. The van der Waals surface area contributed by atoms with Crippen molar-refractivity contribution in [2.75, 3.05) is 11.9 Å². The zero-order chi connectivity index (χ0) is 23.9. The van der Waals surface area contributed by atoms with E-state index < -0.39 is 6.04 Å². The Morgan fingerprint density at radius 3 is 2.59 bits per heavy atom. The van der Waals surface area contributed by atoms with E-state index in [-0.39, 0.29) is 5.91 Å².